The van der Waals surface area contributed by atoms with E-state index < -0.39 is 23.9 Å². The highest BCUT2D eigenvalue weighted by Crippen LogP contribution is 2.50. The maximum Gasteiger partial charge on any atom is 0.350 e. The molecule has 0 aliphatic heterocycles. The molecule has 0 spiro atoms. The third-order valence-corrected chi connectivity index (χ3v) is 8.51. The standard InChI is InChI=1S/C19H21Cl2N2O5PS/c1-3-27-29(24,28-4-2)13-23(17-5-6-19-14(9-17)7-8-22-19)30(25,26)18-11-15(20)10-16(21)12-18/h5-12,22H,3-4,13H2,1-2H3. The number of anilines is 1. The molecule has 0 amide bonds. The summed E-state index contributed by atoms with van der Waals surface area (Å²) in [4.78, 5) is 2.92. The molecule has 3 rings (SSSR count). The number of hydrogen-bond acceptors (Lipinski definition) is 5. The van der Waals surface area contributed by atoms with Crippen molar-refractivity contribution < 1.29 is 22.0 Å². The van der Waals surface area contributed by atoms with Gasteiger partial charge in [0.25, 0.3) is 10.0 Å². The lowest BCUT2D eigenvalue weighted by molar-refractivity contribution is 0.221. The Morgan fingerprint density at radius 1 is 1.00 bits per heavy atom. The number of hydrogen-bond donors (Lipinski definition) is 1. The highest BCUT2D eigenvalue weighted by molar-refractivity contribution is 7.93. The molecule has 0 fully saturated rings. The van der Waals surface area contributed by atoms with E-state index in [1.165, 1.54) is 18.2 Å². The summed E-state index contributed by atoms with van der Waals surface area (Å²) in [6.45, 7) is 3.52. The normalized spacial score (nSPS) is 12.4. The van der Waals surface area contributed by atoms with Crippen LogP contribution in [0.2, 0.25) is 10.0 Å². The smallest absolute Gasteiger partial charge is 0.350 e. The van der Waals surface area contributed by atoms with Crippen molar-refractivity contribution >= 4 is 57.4 Å². The van der Waals surface area contributed by atoms with Gasteiger partial charge in [-0.15, -0.1) is 0 Å². The Balaban J connectivity index is 2.16. The summed E-state index contributed by atoms with van der Waals surface area (Å²) in [5, 5.41) is 1.12. The zero-order chi connectivity index (χ0) is 21.9. The summed E-state index contributed by atoms with van der Waals surface area (Å²) in [5.41, 5.74) is 1.14. The van der Waals surface area contributed by atoms with Crippen molar-refractivity contribution in [3.8, 4) is 0 Å². The molecule has 0 radical (unpaired) electrons. The molecule has 11 heteroatoms. The van der Waals surface area contributed by atoms with Crippen LogP contribution in [0.3, 0.4) is 0 Å². The Labute approximate surface area is 185 Å². The van der Waals surface area contributed by atoms with Gasteiger partial charge in [-0.3, -0.25) is 8.87 Å². The number of benzene rings is 2. The fraction of sp³-hybridized carbons (Fsp3) is 0.263. The number of halogens is 2. The van der Waals surface area contributed by atoms with Gasteiger partial charge in [-0.2, -0.15) is 0 Å². The summed E-state index contributed by atoms with van der Waals surface area (Å²) in [6.07, 6.45) is 1.24. The van der Waals surface area contributed by atoms with Crippen LogP contribution < -0.4 is 4.31 Å². The lowest BCUT2D eigenvalue weighted by Gasteiger charge is -2.28. The molecule has 30 heavy (non-hydrogen) atoms. The summed E-state index contributed by atoms with van der Waals surface area (Å²) < 4.78 is 52.0. The largest absolute Gasteiger partial charge is 0.361 e. The fourth-order valence-electron chi connectivity index (χ4n) is 2.97. The van der Waals surface area contributed by atoms with Gasteiger partial charge in [0.05, 0.1) is 23.8 Å². The topological polar surface area (TPSA) is 88.7 Å². The number of rotatable bonds is 9. The molecule has 2 aromatic carbocycles. The molecule has 3 aromatic rings. The predicted octanol–water partition coefficient (Wildman–Crippen LogP) is 5.89. The first kappa shape index (κ1) is 23.1. The first-order valence-corrected chi connectivity index (χ1v) is 13.0. The quantitative estimate of drug-likeness (QED) is 0.377. The van der Waals surface area contributed by atoms with E-state index in [9.17, 15) is 13.0 Å². The average molecular weight is 491 g/mol. The molecule has 0 unspecified atom stereocenters. The summed E-state index contributed by atoms with van der Waals surface area (Å²) >= 11 is 12.1. The lowest BCUT2D eigenvalue weighted by Crippen LogP contribution is -2.33. The van der Waals surface area contributed by atoms with Crippen molar-refractivity contribution in [1.29, 1.82) is 0 Å². The van der Waals surface area contributed by atoms with Gasteiger partial charge in [-0.05, 0) is 56.3 Å². The SMILES string of the molecule is CCOP(=O)(CN(c1ccc2[nH]ccc2c1)S(=O)(=O)c1cc(Cl)cc(Cl)c1)OCC. The summed E-state index contributed by atoms with van der Waals surface area (Å²) in [5.74, 6) is 0. The molecule has 1 N–H and O–H groups in total. The van der Waals surface area contributed by atoms with Crippen LogP contribution in [-0.4, -0.2) is 32.9 Å². The first-order valence-electron chi connectivity index (χ1n) is 9.12. The summed E-state index contributed by atoms with van der Waals surface area (Å²) in [7, 11) is -7.95. The van der Waals surface area contributed by atoms with Gasteiger partial charge in [0.2, 0.25) is 0 Å². The van der Waals surface area contributed by atoms with Crippen molar-refractivity contribution in [2.75, 3.05) is 23.8 Å². The highest BCUT2D eigenvalue weighted by atomic mass is 35.5. The maximum absolute atomic E-state index is 13.6. The van der Waals surface area contributed by atoms with Gasteiger partial charge in [0.1, 0.15) is 6.29 Å². The van der Waals surface area contributed by atoms with E-state index in [0.717, 1.165) is 15.2 Å². The second-order valence-electron chi connectivity index (χ2n) is 6.30. The third-order valence-electron chi connectivity index (χ3n) is 4.20. The molecule has 0 bridgehead atoms. The molecule has 0 saturated carbocycles. The van der Waals surface area contributed by atoms with Crippen molar-refractivity contribution in [2.24, 2.45) is 0 Å². The van der Waals surface area contributed by atoms with Gasteiger partial charge in [0.15, 0.2) is 0 Å². The number of aromatic nitrogens is 1. The van der Waals surface area contributed by atoms with Crippen molar-refractivity contribution in [1.82, 2.24) is 4.98 Å². The highest BCUT2D eigenvalue weighted by Gasteiger charge is 2.35. The van der Waals surface area contributed by atoms with E-state index >= 15 is 0 Å². The van der Waals surface area contributed by atoms with E-state index in [4.69, 9.17) is 32.2 Å². The second kappa shape index (κ2) is 9.30. The Bertz CT molecular complexity index is 1170. The van der Waals surface area contributed by atoms with Crippen molar-refractivity contribution in [3.05, 3.63) is 58.7 Å². The Kier molecular flexibility index (Phi) is 7.17. The fourth-order valence-corrected chi connectivity index (χ4v) is 7.35. The van der Waals surface area contributed by atoms with E-state index in [0.29, 0.717) is 5.69 Å². The third kappa shape index (κ3) is 5.02. The van der Waals surface area contributed by atoms with Gasteiger partial charge >= 0.3 is 7.60 Å². The maximum atomic E-state index is 13.6. The average Bonchev–Trinajstić information content (AvgIpc) is 3.13. The van der Waals surface area contributed by atoms with Gasteiger partial charge < -0.3 is 14.0 Å². The van der Waals surface area contributed by atoms with Crippen LogP contribution in [-0.2, 0) is 23.6 Å². The van der Waals surface area contributed by atoms with Crippen LogP contribution in [0, 0.1) is 0 Å². The number of fused-ring (bicyclic) bond motifs is 1. The monoisotopic (exact) mass is 490 g/mol. The van der Waals surface area contributed by atoms with Crippen LogP contribution in [0.4, 0.5) is 5.69 Å². The molecule has 0 aliphatic rings. The zero-order valence-corrected chi connectivity index (χ0v) is 19.6. The molecule has 162 valence electrons. The van der Waals surface area contributed by atoms with Crippen LogP contribution in [0.15, 0.2) is 53.6 Å². The van der Waals surface area contributed by atoms with E-state index in [-0.39, 0.29) is 28.2 Å². The van der Waals surface area contributed by atoms with Gasteiger partial charge in [-0.1, -0.05) is 23.2 Å². The number of aromatic amines is 1. The number of H-pyrrole nitrogens is 1. The Hall–Kier alpha value is -1.54. The van der Waals surface area contributed by atoms with Crippen LogP contribution in [0.25, 0.3) is 10.9 Å². The molecular formula is C19H21Cl2N2O5PS. The molecule has 0 saturated heterocycles. The number of nitrogens with zero attached hydrogens (tertiary/aromatic N) is 1. The Morgan fingerprint density at radius 3 is 2.23 bits per heavy atom. The molecule has 1 aromatic heterocycles. The second-order valence-corrected chi connectivity index (χ2v) is 11.1. The molecule has 0 aliphatic carbocycles. The minimum Gasteiger partial charge on any atom is -0.361 e. The molecule has 1 heterocycles. The van der Waals surface area contributed by atoms with Crippen molar-refractivity contribution in [2.45, 2.75) is 18.7 Å². The molecular weight excluding hydrogens is 470 g/mol. The lowest BCUT2D eigenvalue weighted by atomic mass is 10.2. The molecule has 0 atom stereocenters. The van der Waals surface area contributed by atoms with Crippen LogP contribution >= 0.6 is 30.8 Å². The minimum absolute atomic E-state index is 0.102. The van der Waals surface area contributed by atoms with Gasteiger partial charge in [-0.25, -0.2) is 8.42 Å². The predicted molar refractivity (Wildman–Crippen MR) is 120 cm³/mol. The van der Waals surface area contributed by atoms with E-state index in [1.54, 1.807) is 38.2 Å². The first-order chi connectivity index (χ1) is 14.2. The zero-order valence-electron chi connectivity index (χ0n) is 16.3. The number of nitrogens with one attached hydrogen (secondary N) is 1. The molecule has 7 nitrogen and oxygen atoms in total. The van der Waals surface area contributed by atoms with Crippen LogP contribution in [0.5, 0.6) is 0 Å². The van der Waals surface area contributed by atoms with E-state index in [2.05, 4.69) is 4.98 Å². The summed E-state index contributed by atoms with van der Waals surface area (Å²) in [6, 6.07) is 10.9. The van der Waals surface area contributed by atoms with Gasteiger partial charge in [0, 0.05) is 27.1 Å². The Morgan fingerprint density at radius 2 is 1.63 bits per heavy atom. The van der Waals surface area contributed by atoms with Crippen molar-refractivity contribution in [3.63, 3.8) is 0 Å². The van der Waals surface area contributed by atoms with E-state index in [1.807, 2.05) is 6.07 Å². The minimum atomic E-state index is -4.20. The number of sulfonamides is 1. The van der Waals surface area contributed by atoms with Crippen LogP contribution in [0.1, 0.15) is 13.8 Å².